The molecular weight excluding hydrogens is 271 g/mol. The van der Waals surface area contributed by atoms with E-state index >= 15 is 0 Å². The van der Waals surface area contributed by atoms with Crippen LogP contribution in [0.3, 0.4) is 0 Å². The number of alkyl halides is 1. The van der Waals surface area contributed by atoms with Crippen LogP contribution in [0.5, 0.6) is 0 Å². The molecule has 3 rings (SSSR count). The minimum absolute atomic E-state index is 0.469. The lowest BCUT2D eigenvalue weighted by molar-refractivity contribution is 0.300. The zero-order chi connectivity index (χ0) is 9.27. The number of hydrogen-bond donors (Lipinski definition) is 0. The molecule has 0 saturated heterocycles. The fraction of sp³-hybridized carbons (Fsp3) is 0.833. The van der Waals surface area contributed by atoms with Gasteiger partial charge in [0, 0.05) is 3.42 Å². The van der Waals surface area contributed by atoms with Crippen molar-refractivity contribution in [3.63, 3.8) is 0 Å². The van der Waals surface area contributed by atoms with Crippen molar-refractivity contribution in [3.8, 4) is 0 Å². The van der Waals surface area contributed by atoms with E-state index in [9.17, 15) is 0 Å². The molecule has 0 spiro atoms. The molecule has 0 aromatic heterocycles. The summed E-state index contributed by atoms with van der Waals surface area (Å²) in [5.74, 6) is 2.07. The van der Waals surface area contributed by atoms with Gasteiger partial charge >= 0.3 is 0 Å². The fourth-order valence-corrected chi connectivity index (χ4v) is 5.90. The highest BCUT2D eigenvalue weighted by atomic mass is 127. The van der Waals surface area contributed by atoms with E-state index in [0.29, 0.717) is 8.84 Å². The van der Waals surface area contributed by atoms with Crippen LogP contribution in [0.2, 0.25) is 0 Å². The van der Waals surface area contributed by atoms with Gasteiger partial charge in [-0.15, -0.1) is 0 Å². The van der Waals surface area contributed by atoms with Gasteiger partial charge in [-0.3, -0.25) is 0 Å². The Bertz CT molecular complexity index is 289. The summed E-state index contributed by atoms with van der Waals surface area (Å²) in [7, 11) is 0. The zero-order valence-electron chi connectivity index (χ0n) is 8.44. The first-order valence-corrected chi connectivity index (χ1v) is 6.46. The summed E-state index contributed by atoms with van der Waals surface area (Å²) in [6.07, 6.45) is 8.40. The van der Waals surface area contributed by atoms with E-state index < -0.39 is 0 Å². The number of halogens is 1. The number of rotatable bonds is 0. The first kappa shape index (κ1) is 8.75. The van der Waals surface area contributed by atoms with Gasteiger partial charge < -0.3 is 0 Å². The van der Waals surface area contributed by atoms with E-state index in [0.717, 1.165) is 11.8 Å². The molecule has 0 heterocycles. The standard InChI is InChI=1S/C12H17I/c1-11(2)4-8-3-9-5-12(13,7-11)6-10(8)9/h4,9-10H,3,5-7H2,1-2H3. The number of allylic oxidation sites excluding steroid dienone is 2. The first-order chi connectivity index (χ1) is 5.98. The van der Waals surface area contributed by atoms with Crippen LogP contribution in [0.25, 0.3) is 0 Å². The molecule has 13 heavy (non-hydrogen) atoms. The van der Waals surface area contributed by atoms with Crippen LogP contribution < -0.4 is 0 Å². The summed E-state index contributed by atoms with van der Waals surface area (Å²) >= 11 is 2.75. The zero-order valence-corrected chi connectivity index (χ0v) is 10.6. The van der Waals surface area contributed by atoms with Gasteiger partial charge in [-0.25, -0.2) is 0 Å². The van der Waals surface area contributed by atoms with Crippen molar-refractivity contribution in [2.24, 2.45) is 17.3 Å². The van der Waals surface area contributed by atoms with Crippen LogP contribution in [-0.2, 0) is 0 Å². The highest BCUT2D eigenvalue weighted by molar-refractivity contribution is 14.1. The molecule has 0 N–H and O–H groups in total. The monoisotopic (exact) mass is 288 g/mol. The molecule has 3 unspecified atom stereocenters. The fourth-order valence-electron chi connectivity index (χ4n) is 3.88. The molecule has 0 aliphatic heterocycles. The topological polar surface area (TPSA) is 0 Å². The van der Waals surface area contributed by atoms with Gasteiger partial charge in [0.2, 0.25) is 0 Å². The summed E-state index contributed by atoms with van der Waals surface area (Å²) < 4.78 is 0.644. The molecular formula is C12H17I. The Morgan fingerprint density at radius 1 is 1.38 bits per heavy atom. The predicted molar refractivity (Wildman–Crippen MR) is 64.1 cm³/mol. The van der Waals surface area contributed by atoms with Crippen molar-refractivity contribution in [1.29, 1.82) is 0 Å². The lowest BCUT2D eigenvalue weighted by Gasteiger charge is -2.38. The van der Waals surface area contributed by atoms with Gasteiger partial charge in [-0.2, -0.15) is 0 Å². The maximum Gasteiger partial charge on any atom is 0.0239 e. The van der Waals surface area contributed by atoms with E-state index in [1.165, 1.54) is 25.7 Å². The summed E-state index contributed by atoms with van der Waals surface area (Å²) in [5.41, 5.74) is 2.27. The van der Waals surface area contributed by atoms with Crippen molar-refractivity contribution in [3.05, 3.63) is 11.6 Å². The second kappa shape index (κ2) is 2.34. The smallest absolute Gasteiger partial charge is 0.0239 e. The van der Waals surface area contributed by atoms with Gasteiger partial charge in [0.25, 0.3) is 0 Å². The maximum atomic E-state index is 2.75. The summed E-state index contributed by atoms with van der Waals surface area (Å²) in [5, 5.41) is 0. The van der Waals surface area contributed by atoms with E-state index in [1.54, 1.807) is 5.57 Å². The SMILES string of the molecule is CC1(C)C=C2CC3CC(I)(CC23)C1. The van der Waals surface area contributed by atoms with Crippen molar-refractivity contribution in [1.82, 2.24) is 0 Å². The van der Waals surface area contributed by atoms with Crippen LogP contribution in [0.4, 0.5) is 0 Å². The van der Waals surface area contributed by atoms with Crippen LogP contribution in [0, 0.1) is 17.3 Å². The molecule has 0 nitrogen and oxygen atoms in total. The second-order valence-electron chi connectivity index (χ2n) is 6.01. The van der Waals surface area contributed by atoms with Crippen LogP contribution in [-0.4, -0.2) is 3.42 Å². The van der Waals surface area contributed by atoms with Crippen LogP contribution in [0.1, 0.15) is 39.5 Å². The lowest BCUT2D eigenvalue weighted by Crippen LogP contribution is -2.28. The van der Waals surface area contributed by atoms with Gasteiger partial charge in [0.15, 0.2) is 0 Å². The van der Waals surface area contributed by atoms with Crippen molar-refractivity contribution in [2.45, 2.75) is 43.0 Å². The molecule has 2 fully saturated rings. The Labute approximate surface area is 94.3 Å². The maximum absolute atomic E-state index is 2.75. The molecule has 3 aliphatic rings. The van der Waals surface area contributed by atoms with Crippen molar-refractivity contribution in [2.75, 3.05) is 0 Å². The highest BCUT2D eigenvalue weighted by Gasteiger charge is 2.54. The third-order valence-corrected chi connectivity index (χ3v) is 5.37. The minimum Gasteiger partial charge on any atom is -0.0793 e. The average molecular weight is 288 g/mol. The summed E-state index contributed by atoms with van der Waals surface area (Å²) in [4.78, 5) is 0. The quantitative estimate of drug-likeness (QED) is 0.360. The molecule has 3 atom stereocenters. The van der Waals surface area contributed by atoms with E-state index in [1.807, 2.05) is 0 Å². The molecule has 0 radical (unpaired) electrons. The first-order valence-electron chi connectivity index (χ1n) is 5.38. The Morgan fingerprint density at radius 3 is 2.92 bits per heavy atom. The van der Waals surface area contributed by atoms with E-state index in [2.05, 4.69) is 42.5 Å². The molecule has 0 amide bonds. The highest BCUT2D eigenvalue weighted by Crippen LogP contribution is 2.63. The Morgan fingerprint density at radius 2 is 2.15 bits per heavy atom. The third-order valence-electron chi connectivity index (χ3n) is 4.11. The molecule has 2 saturated carbocycles. The van der Waals surface area contributed by atoms with Crippen LogP contribution >= 0.6 is 22.6 Å². The van der Waals surface area contributed by atoms with E-state index in [-0.39, 0.29) is 0 Å². The molecule has 3 aliphatic carbocycles. The van der Waals surface area contributed by atoms with Gasteiger partial charge in [0.05, 0.1) is 0 Å². The second-order valence-corrected chi connectivity index (χ2v) is 8.30. The Balaban J connectivity index is 2.04. The molecule has 0 aromatic rings. The van der Waals surface area contributed by atoms with Gasteiger partial charge in [-0.1, -0.05) is 48.1 Å². The molecule has 72 valence electrons. The minimum atomic E-state index is 0.469. The molecule has 1 heteroatoms. The average Bonchev–Trinajstić information content (AvgIpc) is 2.14. The van der Waals surface area contributed by atoms with Gasteiger partial charge in [0.1, 0.15) is 0 Å². The van der Waals surface area contributed by atoms with Crippen molar-refractivity contribution < 1.29 is 0 Å². The Hall–Kier alpha value is 0.470. The number of fused-ring (bicyclic) bond motifs is 1. The summed E-state index contributed by atoms with van der Waals surface area (Å²) in [6.45, 7) is 4.82. The van der Waals surface area contributed by atoms with Gasteiger partial charge in [-0.05, 0) is 42.9 Å². The normalized spacial score (nSPS) is 50.8. The third kappa shape index (κ3) is 1.22. The largest absolute Gasteiger partial charge is 0.0793 e. The number of hydrogen-bond acceptors (Lipinski definition) is 0. The molecule has 2 bridgehead atoms. The van der Waals surface area contributed by atoms with Crippen LogP contribution in [0.15, 0.2) is 11.6 Å². The Kier molecular flexibility index (Phi) is 1.58. The predicted octanol–water partition coefficient (Wildman–Crippen LogP) is 3.95. The van der Waals surface area contributed by atoms with E-state index in [4.69, 9.17) is 0 Å². The lowest BCUT2D eigenvalue weighted by atomic mass is 9.68. The molecule has 0 aromatic carbocycles. The van der Waals surface area contributed by atoms with Crippen molar-refractivity contribution >= 4 is 22.6 Å². The summed E-state index contributed by atoms with van der Waals surface area (Å²) in [6, 6.07) is 0.